The van der Waals surface area contributed by atoms with Crippen molar-refractivity contribution in [1.29, 1.82) is 0 Å². The molecule has 0 saturated heterocycles. The van der Waals surface area contributed by atoms with Crippen LogP contribution in [-0.2, 0) is 13.6 Å². The second kappa shape index (κ2) is 4.86. The van der Waals surface area contributed by atoms with Crippen molar-refractivity contribution in [2.45, 2.75) is 6.54 Å². The Kier molecular flexibility index (Phi) is 3.27. The van der Waals surface area contributed by atoms with Crippen LogP contribution in [0.15, 0.2) is 30.6 Å². The minimum absolute atomic E-state index is 0.668. The van der Waals surface area contributed by atoms with Gasteiger partial charge in [0.15, 0.2) is 0 Å². The van der Waals surface area contributed by atoms with Gasteiger partial charge in [0.1, 0.15) is 12.2 Å². The highest BCUT2D eigenvalue weighted by Crippen LogP contribution is 2.23. The Bertz CT molecular complexity index is 489. The van der Waals surface area contributed by atoms with Crippen LogP contribution >= 0.6 is 0 Å². The number of aromatic nitrogens is 3. The SMILES string of the molecule is CN(C)c1ccccc1NCc1ncnn1C. The molecule has 0 fully saturated rings. The second-order valence-electron chi connectivity index (χ2n) is 4.07. The summed E-state index contributed by atoms with van der Waals surface area (Å²) in [4.78, 5) is 6.26. The van der Waals surface area contributed by atoms with Gasteiger partial charge in [0.2, 0.25) is 0 Å². The first-order valence-corrected chi connectivity index (χ1v) is 5.51. The van der Waals surface area contributed by atoms with Crippen LogP contribution in [0.25, 0.3) is 0 Å². The van der Waals surface area contributed by atoms with Gasteiger partial charge in [-0.2, -0.15) is 5.10 Å². The van der Waals surface area contributed by atoms with E-state index in [1.165, 1.54) is 0 Å². The third-order valence-electron chi connectivity index (χ3n) is 2.63. The number of hydrogen-bond acceptors (Lipinski definition) is 4. The van der Waals surface area contributed by atoms with Crippen LogP contribution < -0.4 is 10.2 Å². The topological polar surface area (TPSA) is 46.0 Å². The molecule has 1 aromatic carbocycles. The van der Waals surface area contributed by atoms with E-state index in [9.17, 15) is 0 Å². The van der Waals surface area contributed by atoms with Crippen molar-refractivity contribution >= 4 is 11.4 Å². The summed E-state index contributed by atoms with van der Waals surface area (Å²) in [7, 11) is 5.95. The molecule has 5 nitrogen and oxygen atoms in total. The standard InChI is InChI=1S/C12H17N5/c1-16(2)11-7-5-4-6-10(11)13-8-12-14-9-15-17(12)3/h4-7,9,13H,8H2,1-3H3. The van der Waals surface area contributed by atoms with Gasteiger partial charge in [0.05, 0.1) is 17.9 Å². The summed E-state index contributed by atoms with van der Waals surface area (Å²) in [6.07, 6.45) is 1.56. The zero-order valence-corrected chi connectivity index (χ0v) is 10.4. The lowest BCUT2D eigenvalue weighted by molar-refractivity contribution is 0.712. The molecule has 0 aliphatic rings. The molecule has 0 atom stereocenters. The quantitative estimate of drug-likeness (QED) is 0.866. The van der Waals surface area contributed by atoms with E-state index in [0.717, 1.165) is 17.2 Å². The third kappa shape index (κ3) is 2.55. The molecule has 0 bridgehead atoms. The molecule has 2 aromatic rings. The van der Waals surface area contributed by atoms with Gasteiger partial charge in [0.25, 0.3) is 0 Å². The number of anilines is 2. The van der Waals surface area contributed by atoms with Crippen LogP contribution in [0, 0.1) is 0 Å². The molecule has 17 heavy (non-hydrogen) atoms. The van der Waals surface area contributed by atoms with Crippen LogP contribution in [0.3, 0.4) is 0 Å². The molecule has 0 saturated carbocycles. The summed E-state index contributed by atoms with van der Waals surface area (Å²) in [5, 5.41) is 7.41. The molecular weight excluding hydrogens is 214 g/mol. The number of nitrogens with zero attached hydrogens (tertiary/aromatic N) is 4. The second-order valence-corrected chi connectivity index (χ2v) is 4.07. The van der Waals surface area contributed by atoms with Gasteiger partial charge in [-0.3, -0.25) is 4.68 Å². The van der Waals surface area contributed by atoms with Gasteiger partial charge in [-0.05, 0) is 12.1 Å². The maximum absolute atomic E-state index is 4.18. The number of benzene rings is 1. The van der Waals surface area contributed by atoms with E-state index in [1.807, 2.05) is 33.3 Å². The van der Waals surface area contributed by atoms with Crippen LogP contribution in [-0.4, -0.2) is 28.9 Å². The maximum atomic E-state index is 4.18. The molecule has 90 valence electrons. The molecule has 1 heterocycles. The average molecular weight is 231 g/mol. The highest BCUT2D eigenvalue weighted by Gasteiger charge is 2.04. The van der Waals surface area contributed by atoms with Crippen LogP contribution in [0.4, 0.5) is 11.4 Å². The predicted molar refractivity (Wildman–Crippen MR) is 69.1 cm³/mol. The van der Waals surface area contributed by atoms with Crippen molar-refractivity contribution in [3.05, 3.63) is 36.4 Å². The number of nitrogens with one attached hydrogen (secondary N) is 1. The van der Waals surface area contributed by atoms with Crippen molar-refractivity contribution < 1.29 is 0 Å². The normalized spacial score (nSPS) is 10.3. The third-order valence-corrected chi connectivity index (χ3v) is 2.63. The molecule has 1 N–H and O–H groups in total. The molecule has 0 unspecified atom stereocenters. The number of rotatable bonds is 4. The first-order chi connectivity index (χ1) is 8.18. The first kappa shape index (κ1) is 11.4. The molecular formula is C12H17N5. The highest BCUT2D eigenvalue weighted by atomic mass is 15.3. The van der Waals surface area contributed by atoms with E-state index >= 15 is 0 Å². The fraction of sp³-hybridized carbons (Fsp3) is 0.333. The van der Waals surface area contributed by atoms with Gasteiger partial charge in [-0.15, -0.1) is 0 Å². The Morgan fingerprint density at radius 2 is 2.06 bits per heavy atom. The van der Waals surface area contributed by atoms with Crippen LogP contribution in [0.5, 0.6) is 0 Å². The van der Waals surface area contributed by atoms with Gasteiger partial charge in [-0.25, -0.2) is 4.98 Å². The first-order valence-electron chi connectivity index (χ1n) is 5.51. The van der Waals surface area contributed by atoms with Crippen molar-refractivity contribution in [2.24, 2.45) is 7.05 Å². The van der Waals surface area contributed by atoms with E-state index < -0.39 is 0 Å². The Hall–Kier alpha value is -2.04. The minimum Gasteiger partial charge on any atom is -0.376 e. The predicted octanol–water partition coefficient (Wildman–Crippen LogP) is 1.49. The van der Waals surface area contributed by atoms with Crippen LogP contribution in [0.2, 0.25) is 0 Å². The largest absolute Gasteiger partial charge is 0.376 e. The van der Waals surface area contributed by atoms with Crippen LogP contribution in [0.1, 0.15) is 5.82 Å². The van der Waals surface area contributed by atoms with E-state index in [1.54, 1.807) is 11.0 Å². The summed E-state index contributed by atoms with van der Waals surface area (Å²) in [6.45, 7) is 0.668. The molecule has 0 radical (unpaired) electrons. The minimum atomic E-state index is 0.668. The van der Waals surface area contributed by atoms with Crippen molar-refractivity contribution in [3.63, 3.8) is 0 Å². The van der Waals surface area contributed by atoms with E-state index in [0.29, 0.717) is 6.54 Å². The fourth-order valence-corrected chi connectivity index (χ4v) is 1.67. The zero-order valence-electron chi connectivity index (χ0n) is 10.4. The lowest BCUT2D eigenvalue weighted by atomic mass is 10.2. The Labute approximate surface area is 101 Å². The van der Waals surface area contributed by atoms with Crippen molar-refractivity contribution in [3.8, 4) is 0 Å². The number of hydrogen-bond donors (Lipinski definition) is 1. The highest BCUT2D eigenvalue weighted by molar-refractivity contribution is 5.69. The summed E-state index contributed by atoms with van der Waals surface area (Å²) in [5.74, 6) is 0.915. The van der Waals surface area contributed by atoms with Gasteiger partial charge >= 0.3 is 0 Å². The molecule has 2 rings (SSSR count). The van der Waals surface area contributed by atoms with Gasteiger partial charge in [0, 0.05) is 21.1 Å². The van der Waals surface area contributed by atoms with E-state index in [2.05, 4.69) is 32.4 Å². The lowest BCUT2D eigenvalue weighted by Crippen LogP contribution is -2.13. The summed E-state index contributed by atoms with van der Waals surface area (Å²) < 4.78 is 1.77. The Morgan fingerprint density at radius 3 is 2.71 bits per heavy atom. The summed E-state index contributed by atoms with van der Waals surface area (Å²) >= 11 is 0. The fourth-order valence-electron chi connectivity index (χ4n) is 1.67. The average Bonchev–Trinajstić information content (AvgIpc) is 2.72. The Balaban J connectivity index is 2.11. The van der Waals surface area contributed by atoms with E-state index in [4.69, 9.17) is 0 Å². The van der Waals surface area contributed by atoms with E-state index in [-0.39, 0.29) is 0 Å². The number of para-hydroxylation sites is 2. The monoisotopic (exact) mass is 231 g/mol. The summed E-state index contributed by atoms with van der Waals surface area (Å²) in [5.41, 5.74) is 2.26. The summed E-state index contributed by atoms with van der Waals surface area (Å²) in [6, 6.07) is 8.19. The molecule has 0 spiro atoms. The Morgan fingerprint density at radius 1 is 1.29 bits per heavy atom. The smallest absolute Gasteiger partial charge is 0.145 e. The van der Waals surface area contributed by atoms with Gasteiger partial charge < -0.3 is 10.2 Å². The molecule has 5 heteroatoms. The van der Waals surface area contributed by atoms with Crippen molar-refractivity contribution in [2.75, 3.05) is 24.3 Å². The molecule has 0 amide bonds. The molecule has 0 aliphatic carbocycles. The van der Waals surface area contributed by atoms with Crippen molar-refractivity contribution in [1.82, 2.24) is 14.8 Å². The zero-order chi connectivity index (χ0) is 12.3. The molecule has 0 aliphatic heterocycles. The molecule has 1 aromatic heterocycles. The van der Waals surface area contributed by atoms with Gasteiger partial charge in [-0.1, -0.05) is 12.1 Å². The lowest BCUT2D eigenvalue weighted by Gasteiger charge is -2.18. The number of aryl methyl sites for hydroxylation is 1. The maximum Gasteiger partial charge on any atom is 0.145 e.